The number of aromatic hydroxyl groups is 1. The van der Waals surface area contributed by atoms with E-state index in [2.05, 4.69) is 10.6 Å². The summed E-state index contributed by atoms with van der Waals surface area (Å²) in [7, 11) is 1.43. The molecular formula is C25H24F3N3O6. The summed E-state index contributed by atoms with van der Waals surface area (Å²) < 4.78 is 44.4. The number of benzene rings is 2. The normalized spacial score (nSPS) is 12.0. The van der Waals surface area contributed by atoms with Gasteiger partial charge in [-0.05, 0) is 30.2 Å². The Kier molecular flexibility index (Phi) is 8.11. The molecule has 37 heavy (non-hydrogen) atoms. The van der Waals surface area contributed by atoms with Gasteiger partial charge in [-0.15, -0.1) is 0 Å². The molecule has 2 amide bonds. The van der Waals surface area contributed by atoms with Crippen molar-refractivity contribution in [1.82, 2.24) is 9.88 Å². The van der Waals surface area contributed by atoms with E-state index in [-0.39, 0.29) is 16.9 Å². The minimum atomic E-state index is -4.57. The summed E-state index contributed by atoms with van der Waals surface area (Å²) in [6.07, 6.45) is -3.78. The number of nitrogens with one attached hydrogen (secondary N) is 2. The van der Waals surface area contributed by atoms with Crippen LogP contribution in [0.1, 0.15) is 23.6 Å². The molecule has 9 nitrogen and oxygen atoms in total. The van der Waals surface area contributed by atoms with E-state index in [1.807, 2.05) is 0 Å². The second-order valence-electron chi connectivity index (χ2n) is 8.23. The average molecular weight is 519 g/mol. The topological polar surface area (TPSA) is 130 Å². The van der Waals surface area contributed by atoms with E-state index in [0.717, 1.165) is 4.57 Å². The minimum Gasteiger partial charge on any atom is -0.505 e. The third kappa shape index (κ3) is 7.03. The van der Waals surface area contributed by atoms with Crippen molar-refractivity contribution in [2.45, 2.75) is 25.6 Å². The van der Waals surface area contributed by atoms with Gasteiger partial charge in [0.25, 0.3) is 5.56 Å². The molecule has 0 fully saturated rings. The third-order valence-electron chi connectivity index (χ3n) is 5.34. The molecule has 1 heterocycles. The Morgan fingerprint density at radius 2 is 1.81 bits per heavy atom. The van der Waals surface area contributed by atoms with Crippen molar-refractivity contribution in [3.8, 4) is 22.6 Å². The summed E-state index contributed by atoms with van der Waals surface area (Å²) >= 11 is 0. The number of carboxylic acids is 1. The molecule has 1 aromatic heterocycles. The molecule has 3 rings (SSSR count). The number of hydrogen-bond donors (Lipinski definition) is 4. The van der Waals surface area contributed by atoms with Crippen LogP contribution in [0.4, 0.5) is 23.7 Å². The van der Waals surface area contributed by atoms with Crippen LogP contribution in [0.5, 0.6) is 11.5 Å². The highest BCUT2D eigenvalue weighted by Gasteiger charge is 2.29. The molecule has 0 saturated heterocycles. The lowest BCUT2D eigenvalue weighted by Crippen LogP contribution is -2.36. The molecule has 1 unspecified atom stereocenters. The first kappa shape index (κ1) is 27.1. The van der Waals surface area contributed by atoms with Crippen LogP contribution >= 0.6 is 0 Å². The number of amides is 2. The van der Waals surface area contributed by atoms with Crippen molar-refractivity contribution in [2.24, 2.45) is 7.05 Å². The maximum atomic E-state index is 12.8. The maximum absolute atomic E-state index is 12.8. The Balaban J connectivity index is 1.96. The van der Waals surface area contributed by atoms with Crippen molar-refractivity contribution in [1.29, 1.82) is 0 Å². The predicted molar refractivity (Wildman–Crippen MR) is 129 cm³/mol. The Morgan fingerprint density at radius 1 is 1.14 bits per heavy atom. The van der Waals surface area contributed by atoms with Crippen molar-refractivity contribution >= 4 is 17.7 Å². The molecule has 4 N–H and O–H groups in total. The van der Waals surface area contributed by atoms with E-state index in [4.69, 9.17) is 4.74 Å². The molecule has 196 valence electrons. The average Bonchev–Trinajstić information content (AvgIpc) is 2.83. The highest BCUT2D eigenvalue weighted by molar-refractivity contribution is 5.91. The van der Waals surface area contributed by atoms with Gasteiger partial charge in [-0.25, -0.2) is 4.79 Å². The summed E-state index contributed by atoms with van der Waals surface area (Å²) in [5.74, 6) is -1.79. The predicted octanol–water partition coefficient (Wildman–Crippen LogP) is 4.34. The number of aliphatic carboxylic acids is 1. The summed E-state index contributed by atoms with van der Waals surface area (Å²) in [5, 5.41) is 24.3. The van der Waals surface area contributed by atoms with Crippen molar-refractivity contribution in [3.05, 3.63) is 76.2 Å². The fourth-order valence-electron chi connectivity index (χ4n) is 3.63. The number of aromatic nitrogens is 1. The van der Waals surface area contributed by atoms with Gasteiger partial charge in [0, 0.05) is 24.4 Å². The molecule has 0 spiro atoms. The number of hydrogen-bond acceptors (Lipinski definition) is 5. The second kappa shape index (κ2) is 11.1. The first-order valence-corrected chi connectivity index (χ1v) is 10.9. The molecule has 0 saturated carbocycles. The van der Waals surface area contributed by atoms with Crippen LogP contribution in [0.3, 0.4) is 0 Å². The second-order valence-corrected chi connectivity index (χ2v) is 8.23. The molecule has 0 radical (unpaired) electrons. The van der Waals surface area contributed by atoms with Gasteiger partial charge in [0.2, 0.25) is 0 Å². The van der Waals surface area contributed by atoms with E-state index >= 15 is 0 Å². The first-order chi connectivity index (χ1) is 17.4. The van der Waals surface area contributed by atoms with E-state index in [1.54, 1.807) is 30.3 Å². The fraction of sp³-hybridized carbons (Fsp3) is 0.240. The molecular weight excluding hydrogens is 495 g/mol. The van der Waals surface area contributed by atoms with Gasteiger partial charge in [-0.1, -0.05) is 36.4 Å². The Labute approximate surface area is 209 Å². The van der Waals surface area contributed by atoms with Gasteiger partial charge in [-0.3, -0.25) is 9.59 Å². The number of halogens is 3. The number of rotatable bonds is 8. The maximum Gasteiger partial charge on any atom is 0.422 e. The monoisotopic (exact) mass is 519 g/mol. The van der Waals surface area contributed by atoms with E-state index < -0.39 is 54.2 Å². The summed E-state index contributed by atoms with van der Waals surface area (Å²) in [6.45, 7) is -0.00105. The van der Waals surface area contributed by atoms with Crippen molar-refractivity contribution < 1.29 is 37.7 Å². The molecule has 3 aromatic rings. The largest absolute Gasteiger partial charge is 0.505 e. The number of ether oxygens (including phenoxy) is 1. The molecule has 0 bridgehead atoms. The fourth-order valence-corrected chi connectivity index (χ4v) is 3.63. The van der Waals surface area contributed by atoms with Crippen LogP contribution in [0, 0.1) is 6.92 Å². The zero-order valence-electron chi connectivity index (χ0n) is 19.8. The van der Waals surface area contributed by atoms with Crippen LogP contribution in [0.2, 0.25) is 0 Å². The number of aryl methyl sites for hydroxylation is 2. The molecule has 0 aliphatic heterocycles. The van der Waals surface area contributed by atoms with E-state index in [9.17, 15) is 37.8 Å². The van der Waals surface area contributed by atoms with Gasteiger partial charge in [0.05, 0.1) is 12.5 Å². The highest BCUT2D eigenvalue weighted by Crippen LogP contribution is 2.34. The van der Waals surface area contributed by atoms with E-state index in [1.165, 1.54) is 38.4 Å². The number of carboxylic acid groups (broad SMARTS) is 1. The smallest absolute Gasteiger partial charge is 0.422 e. The quantitative estimate of drug-likeness (QED) is 0.350. The minimum absolute atomic E-state index is 0.0843. The Hall–Kier alpha value is -4.48. The zero-order chi connectivity index (χ0) is 27.3. The summed E-state index contributed by atoms with van der Waals surface area (Å²) in [5.41, 5.74) is 0.262. The van der Waals surface area contributed by atoms with Gasteiger partial charge >= 0.3 is 18.2 Å². The van der Waals surface area contributed by atoms with Crippen LogP contribution in [0.15, 0.2) is 59.5 Å². The number of anilines is 1. The Bertz CT molecular complexity index is 1360. The molecule has 0 aliphatic rings. The van der Waals surface area contributed by atoms with Crippen LogP contribution < -0.4 is 20.9 Å². The van der Waals surface area contributed by atoms with E-state index in [0.29, 0.717) is 11.1 Å². The number of alkyl halides is 3. The number of carbonyl (C=O) groups excluding carboxylic acids is 1. The molecule has 12 heteroatoms. The summed E-state index contributed by atoms with van der Waals surface area (Å²) in [4.78, 5) is 36.6. The first-order valence-electron chi connectivity index (χ1n) is 10.9. The molecule has 2 aromatic carbocycles. The number of pyridine rings is 1. The number of carbonyl (C=O) groups is 2. The van der Waals surface area contributed by atoms with Crippen LogP contribution in [-0.2, 0) is 11.8 Å². The van der Waals surface area contributed by atoms with Crippen LogP contribution in [-0.4, -0.2) is 39.6 Å². The lowest BCUT2D eigenvalue weighted by atomic mass is 9.97. The lowest BCUT2D eigenvalue weighted by molar-refractivity contribution is -0.153. The molecule has 1 atom stereocenters. The third-order valence-corrected chi connectivity index (χ3v) is 5.34. The summed E-state index contributed by atoms with van der Waals surface area (Å²) in [6, 6.07) is 10.3. The van der Waals surface area contributed by atoms with Gasteiger partial charge in [0.1, 0.15) is 11.5 Å². The Morgan fingerprint density at radius 3 is 2.43 bits per heavy atom. The number of nitrogens with zero attached hydrogens (tertiary/aromatic N) is 1. The lowest BCUT2D eigenvalue weighted by Gasteiger charge is -2.21. The van der Waals surface area contributed by atoms with Crippen molar-refractivity contribution in [3.63, 3.8) is 0 Å². The van der Waals surface area contributed by atoms with Gasteiger partial charge in [0.15, 0.2) is 12.3 Å². The highest BCUT2D eigenvalue weighted by atomic mass is 19.4. The standard InChI is InChI=1S/C25H24F3N3O6/c1-14-12-31(2)23(35)21(22(14)34)30-24(36)29-18(11-20(32)33)16-8-9-19(37-13-25(26,27)28)17(10-16)15-6-4-3-5-7-15/h3-10,12,18,34H,11,13H2,1-2H3,(H,32,33)(H2,29,30,36). The number of urea groups is 1. The zero-order valence-corrected chi connectivity index (χ0v) is 19.8. The molecule has 0 aliphatic carbocycles. The van der Waals surface area contributed by atoms with Crippen molar-refractivity contribution in [2.75, 3.05) is 11.9 Å². The SMILES string of the molecule is Cc1cn(C)c(=O)c(NC(=O)NC(CC(=O)O)c2ccc(OCC(F)(F)F)c(-c3ccccc3)c2)c1O. The van der Waals surface area contributed by atoms with Gasteiger partial charge < -0.3 is 30.2 Å². The van der Waals surface area contributed by atoms with Gasteiger partial charge in [-0.2, -0.15) is 13.2 Å². The van der Waals surface area contributed by atoms with Crippen LogP contribution in [0.25, 0.3) is 11.1 Å².